The third-order valence-corrected chi connectivity index (χ3v) is 2.22. The molecule has 2 N–H and O–H groups in total. The van der Waals surface area contributed by atoms with Crippen molar-refractivity contribution in [2.24, 2.45) is 5.73 Å². The Balaban J connectivity index is 4.29. The van der Waals surface area contributed by atoms with Gasteiger partial charge in [0.15, 0.2) is 0 Å². The van der Waals surface area contributed by atoms with Crippen molar-refractivity contribution in [1.29, 1.82) is 0 Å². The lowest BCUT2D eigenvalue weighted by Crippen LogP contribution is -2.41. The van der Waals surface area contributed by atoms with Crippen molar-refractivity contribution in [2.45, 2.75) is 32.4 Å². The molecule has 0 saturated heterocycles. The molecule has 0 aliphatic rings. The van der Waals surface area contributed by atoms with Crippen molar-refractivity contribution in [3.8, 4) is 0 Å². The molecule has 0 amide bonds. The third-order valence-electron chi connectivity index (χ3n) is 1.09. The molecule has 0 rings (SSSR count). The van der Waals surface area contributed by atoms with Crippen molar-refractivity contribution < 1.29 is 17.9 Å². The molecule has 0 aromatic carbocycles. The first-order chi connectivity index (χ1) is 6.01. The van der Waals surface area contributed by atoms with Crippen LogP contribution in [0.1, 0.15) is 20.8 Å². The zero-order valence-electron chi connectivity index (χ0n) is 8.28. The highest BCUT2D eigenvalue weighted by atomic mass is 35.7. The molecule has 1 atom stereocenters. The van der Waals surface area contributed by atoms with Crippen LogP contribution < -0.4 is 5.73 Å². The first-order valence-electron chi connectivity index (χ1n) is 3.92. The van der Waals surface area contributed by atoms with Crippen molar-refractivity contribution in [2.75, 3.05) is 5.75 Å². The molecule has 84 valence electrons. The van der Waals surface area contributed by atoms with Crippen molar-refractivity contribution in [3.05, 3.63) is 0 Å². The summed E-state index contributed by atoms with van der Waals surface area (Å²) in [5.41, 5.74) is 4.58. The number of carbonyl (C=O) groups is 1. The van der Waals surface area contributed by atoms with E-state index in [0.29, 0.717) is 0 Å². The van der Waals surface area contributed by atoms with Gasteiger partial charge in [0.2, 0.25) is 9.05 Å². The molecular formula is C7H14ClNO4S. The SMILES string of the molecule is CC(C)(C)OC(=O)C(N)CS(=O)(=O)Cl. The standard InChI is InChI=1S/C7H14ClNO4S/c1-7(2,3)13-6(10)5(9)4-14(8,11)12/h5H,4,9H2,1-3H3. The van der Waals surface area contributed by atoms with Gasteiger partial charge in [0.05, 0.1) is 5.75 Å². The minimum Gasteiger partial charge on any atom is -0.459 e. The first kappa shape index (κ1) is 13.7. The zero-order valence-corrected chi connectivity index (χ0v) is 9.85. The molecule has 0 spiro atoms. The Kier molecular flexibility index (Phi) is 4.35. The van der Waals surface area contributed by atoms with Gasteiger partial charge in [-0.1, -0.05) is 0 Å². The quantitative estimate of drug-likeness (QED) is 0.566. The number of halogens is 1. The van der Waals surface area contributed by atoms with E-state index in [0.717, 1.165) is 0 Å². The van der Waals surface area contributed by atoms with E-state index in [-0.39, 0.29) is 0 Å². The van der Waals surface area contributed by atoms with E-state index in [2.05, 4.69) is 0 Å². The van der Waals surface area contributed by atoms with E-state index >= 15 is 0 Å². The normalized spacial score (nSPS) is 14.9. The van der Waals surface area contributed by atoms with Crippen LogP contribution in [0.15, 0.2) is 0 Å². The molecule has 14 heavy (non-hydrogen) atoms. The molecule has 0 heterocycles. The summed E-state index contributed by atoms with van der Waals surface area (Å²) in [7, 11) is 1.15. The molecule has 5 nitrogen and oxygen atoms in total. The minimum absolute atomic E-state index is 0.622. The molecule has 0 radical (unpaired) electrons. The van der Waals surface area contributed by atoms with E-state index in [9.17, 15) is 13.2 Å². The van der Waals surface area contributed by atoms with Crippen LogP contribution in [-0.2, 0) is 18.6 Å². The average molecular weight is 244 g/mol. The lowest BCUT2D eigenvalue weighted by Gasteiger charge is -2.21. The molecule has 1 unspecified atom stereocenters. The predicted octanol–water partition coefficient (Wildman–Crippen LogP) is 0.224. The van der Waals surface area contributed by atoms with Crippen molar-refractivity contribution >= 4 is 25.7 Å². The smallest absolute Gasteiger partial charge is 0.324 e. The number of rotatable bonds is 3. The summed E-state index contributed by atoms with van der Waals surface area (Å²) >= 11 is 0. The Morgan fingerprint density at radius 1 is 1.50 bits per heavy atom. The highest BCUT2D eigenvalue weighted by Crippen LogP contribution is 2.09. The fourth-order valence-corrected chi connectivity index (χ4v) is 1.63. The number of hydrogen-bond donors (Lipinski definition) is 1. The van der Waals surface area contributed by atoms with Crippen LogP contribution >= 0.6 is 10.7 Å². The van der Waals surface area contributed by atoms with Crippen LogP contribution in [0.4, 0.5) is 0 Å². The van der Waals surface area contributed by atoms with E-state index in [1.165, 1.54) is 0 Å². The van der Waals surface area contributed by atoms with Crippen LogP contribution in [0.2, 0.25) is 0 Å². The molecule has 0 aromatic rings. The van der Waals surface area contributed by atoms with Crippen molar-refractivity contribution in [1.82, 2.24) is 0 Å². The van der Waals surface area contributed by atoms with Crippen LogP contribution in [0.3, 0.4) is 0 Å². The molecule has 0 fully saturated rings. The van der Waals surface area contributed by atoms with Gasteiger partial charge in [-0.2, -0.15) is 0 Å². The Labute approximate surface area is 88.0 Å². The Bertz CT molecular complexity index is 306. The molecule has 0 aromatic heterocycles. The van der Waals surface area contributed by atoms with E-state index in [4.69, 9.17) is 21.2 Å². The van der Waals surface area contributed by atoms with Gasteiger partial charge in [-0.05, 0) is 20.8 Å². The van der Waals surface area contributed by atoms with Gasteiger partial charge in [-0.3, -0.25) is 4.79 Å². The number of ether oxygens (including phenoxy) is 1. The summed E-state index contributed by atoms with van der Waals surface area (Å²) in [6.45, 7) is 4.98. The predicted molar refractivity (Wildman–Crippen MR) is 53.5 cm³/mol. The fraction of sp³-hybridized carbons (Fsp3) is 0.857. The molecule has 0 bridgehead atoms. The second-order valence-electron chi connectivity index (χ2n) is 3.85. The second-order valence-corrected chi connectivity index (χ2v) is 6.67. The largest absolute Gasteiger partial charge is 0.459 e. The second kappa shape index (κ2) is 4.46. The lowest BCUT2D eigenvalue weighted by molar-refractivity contribution is -0.155. The topological polar surface area (TPSA) is 86.5 Å². The van der Waals surface area contributed by atoms with Crippen LogP contribution in [0.5, 0.6) is 0 Å². The summed E-state index contributed by atoms with van der Waals surface area (Å²) in [6.07, 6.45) is 0. The van der Waals surface area contributed by atoms with Gasteiger partial charge in [-0.25, -0.2) is 8.42 Å². The summed E-state index contributed by atoms with van der Waals surface area (Å²) in [4.78, 5) is 11.2. The van der Waals surface area contributed by atoms with Gasteiger partial charge in [0.1, 0.15) is 11.6 Å². The minimum atomic E-state index is -3.78. The number of nitrogens with two attached hydrogens (primary N) is 1. The van der Waals surface area contributed by atoms with Crippen LogP contribution in [0.25, 0.3) is 0 Å². The maximum absolute atomic E-state index is 11.2. The van der Waals surface area contributed by atoms with Gasteiger partial charge in [-0.15, -0.1) is 0 Å². The molecule has 0 aliphatic heterocycles. The summed E-state index contributed by atoms with van der Waals surface area (Å²) < 4.78 is 26.0. The Hall–Kier alpha value is -0.330. The molecule has 0 aliphatic carbocycles. The number of carbonyl (C=O) groups excluding carboxylic acids is 1. The van der Waals surface area contributed by atoms with Gasteiger partial charge < -0.3 is 10.5 Å². The molecule has 7 heteroatoms. The summed E-state index contributed by atoms with van der Waals surface area (Å²) in [5.74, 6) is -1.40. The monoisotopic (exact) mass is 243 g/mol. The fourth-order valence-electron chi connectivity index (χ4n) is 0.660. The highest BCUT2D eigenvalue weighted by Gasteiger charge is 2.25. The summed E-state index contributed by atoms with van der Waals surface area (Å²) in [6, 6.07) is -1.24. The first-order valence-corrected chi connectivity index (χ1v) is 6.40. The van der Waals surface area contributed by atoms with Crippen LogP contribution in [-0.4, -0.2) is 31.8 Å². The van der Waals surface area contributed by atoms with Gasteiger partial charge >= 0.3 is 5.97 Å². The van der Waals surface area contributed by atoms with Crippen molar-refractivity contribution in [3.63, 3.8) is 0 Å². The molecular weight excluding hydrogens is 230 g/mol. The Morgan fingerprint density at radius 3 is 2.21 bits per heavy atom. The lowest BCUT2D eigenvalue weighted by atomic mass is 10.2. The van der Waals surface area contributed by atoms with E-state index in [1.807, 2.05) is 0 Å². The van der Waals surface area contributed by atoms with Crippen LogP contribution in [0, 0.1) is 0 Å². The summed E-state index contributed by atoms with van der Waals surface area (Å²) in [5, 5.41) is 0. The maximum Gasteiger partial charge on any atom is 0.324 e. The highest BCUT2D eigenvalue weighted by molar-refractivity contribution is 8.13. The van der Waals surface area contributed by atoms with E-state index in [1.54, 1.807) is 20.8 Å². The Morgan fingerprint density at radius 2 is 1.93 bits per heavy atom. The molecule has 0 saturated carbocycles. The van der Waals surface area contributed by atoms with Gasteiger partial charge in [0.25, 0.3) is 0 Å². The number of hydrogen-bond acceptors (Lipinski definition) is 5. The van der Waals surface area contributed by atoms with E-state index < -0.39 is 32.4 Å². The average Bonchev–Trinajstić information content (AvgIpc) is 1.78. The van der Waals surface area contributed by atoms with Gasteiger partial charge in [0, 0.05) is 10.7 Å². The zero-order chi connectivity index (χ0) is 11.6. The number of esters is 1. The third kappa shape index (κ3) is 7.11. The maximum atomic E-state index is 11.2.